The van der Waals surface area contributed by atoms with Gasteiger partial charge in [-0.05, 0) is 68.3 Å². The van der Waals surface area contributed by atoms with Crippen molar-refractivity contribution in [1.82, 2.24) is 0 Å². The van der Waals surface area contributed by atoms with E-state index in [0.29, 0.717) is 27.9 Å². The van der Waals surface area contributed by atoms with Crippen LogP contribution in [0.1, 0.15) is 18.1 Å². The minimum atomic E-state index is -0.740. The maximum Gasteiger partial charge on any atom is 0.265 e. The minimum absolute atomic E-state index is 0.0962. The number of halogens is 1. The van der Waals surface area contributed by atoms with Crippen LogP contribution in [-0.4, -0.2) is 24.5 Å². The standard InChI is InChI=1S/C25H25ClN2O4/c1-16-7-6-8-17(2)24(16)31-15-23(29)27-19-11-13-20(14-12-19)28-25(30)18(3)32-22-10-5-4-9-21(22)26/h4-14,18H,15H2,1-3H3,(H,27,29)(H,28,30). The maximum absolute atomic E-state index is 12.4. The Morgan fingerprint density at radius 3 is 2.09 bits per heavy atom. The number of carbonyl (C=O) groups excluding carboxylic acids is 2. The molecule has 0 aliphatic rings. The Hall–Kier alpha value is -3.51. The number of rotatable bonds is 8. The van der Waals surface area contributed by atoms with Crippen molar-refractivity contribution in [2.45, 2.75) is 26.9 Å². The molecule has 7 heteroatoms. The van der Waals surface area contributed by atoms with Crippen LogP contribution in [0.25, 0.3) is 0 Å². The molecule has 1 atom stereocenters. The van der Waals surface area contributed by atoms with Crippen molar-refractivity contribution in [1.29, 1.82) is 0 Å². The second kappa shape index (κ2) is 10.7. The molecule has 0 saturated heterocycles. The Morgan fingerprint density at radius 1 is 0.875 bits per heavy atom. The second-order valence-corrected chi connectivity index (χ2v) is 7.72. The number of hydrogen-bond donors (Lipinski definition) is 2. The van der Waals surface area contributed by atoms with Gasteiger partial charge in [-0.3, -0.25) is 9.59 Å². The third kappa shape index (κ3) is 6.25. The van der Waals surface area contributed by atoms with Gasteiger partial charge in [-0.15, -0.1) is 0 Å². The molecule has 3 rings (SSSR count). The van der Waals surface area contributed by atoms with Gasteiger partial charge in [0.25, 0.3) is 11.8 Å². The van der Waals surface area contributed by atoms with Crippen LogP contribution < -0.4 is 20.1 Å². The van der Waals surface area contributed by atoms with Gasteiger partial charge in [-0.1, -0.05) is 41.9 Å². The van der Waals surface area contributed by atoms with Gasteiger partial charge in [0.15, 0.2) is 12.7 Å². The Kier molecular flexibility index (Phi) is 7.73. The molecule has 0 radical (unpaired) electrons. The van der Waals surface area contributed by atoms with E-state index in [4.69, 9.17) is 21.1 Å². The normalized spacial score (nSPS) is 11.4. The van der Waals surface area contributed by atoms with Crippen molar-refractivity contribution in [2.24, 2.45) is 0 Å². The third-order valence-electron chi connectivity index (χ3n) is 4.70. The van der Waals surface area contributed by atoms with E-state index in [1.165, 1.54) is 0 Å². The molecule has 2 N–H and O–H groups in total. The number of para-hydroxylation sites is 2. The summed E-state index contributed by atoms with van der Waals surface area (Å²) >= 11 is 6.06. The lowest BCUT2D eigenvalue weighted by molar-refractivity contribution is -0.122. The van der Waals surface area contributed by atoms with Crippen LogP contribution in [0.4, 0.5) is 11.4 Å². The number of nitrogens with one attached hydrogen (secondary N) is 2. The van der Waals surface area contributed by atoms with Crippen molar-refractivity contribution >= 4 is 34.8 Å². The zero-order chi connectivity index (χ0) is 23.1. The summed E-state index contributed by atoms with van der Waals surface area (Å²) in [5.74, 6) is 0.571. The van der Waals surface area contributed by atoms with E-state index >= 15 is 0 Å². The van der Waals surface area contributed by atoms with Gasteiger partial charge in [-0.2, -0.15) is 0 Å². The van der Waals surface area contributed by atoms with Crippen LogP contribution in [0.15, 0.2) is 66.7 Å². The molecule has 0 aliphatic carbocycles. The van der Waals surface area contributed by atoms with Gasteiger partial charge in [0.2, 0.25) is 0 Å². The van der Waals surface area contributed by atoms with Gasteiger partial charge in [0.1, 0.15) is 11.5 Å². The zero-order valence-electron chi connectivity index (χ0n) is 18.1. The predicted molar refractivity (Wildman–Crippen MR) is 127 cm³/mol. The van der Waals surface area contributed by atoms with Gasteiger partial charge in [0, 0.05) is 11.4 Å². The monoisotopic (exact) mass is 452 g/mol. The summed E-state index contributed by atoms with van der Waals surface area (Å²) in [5.41, 5.74) is 3.13. The molecule has 0 saturated carbocycles. The topological polar surface area (TPSA) is 76.7 Å². The first kappa shape index (κ1) is 23.2. The van der Waals surface area contributed by atoms with Crippen LogP contribution >= 0.6 is 11.6 Å². The molecule has 0 aromatic heterocycles. The number of anilines is 2. The second-order valence-electron chi connectivity index (χ2n) is 7.31. The number of amides is 2. The summed E-state index contributed by atoms with van der Waals surface area (Å²) in [4.78, 5) is 24.6. The summed E-state index contributed by atoms with van der Waals surface area (Å²) in [5, 5.41) is 5.99. The number of hydrogen-bond acceptors (Lipinski definition) is 4. The molecular weight excluding hydrogens is 428 g/mol. The Morgan fingerprint density at radius 2 is 1.47 bits per heavy atom. The summed E-state index contributed by atoms with van der Waals surface area (Å²) in [6.45, 7) is 5.42. The van der Waals surface area contributed by atoms with E-state index in [1.807, 2.05) is 32.0 Å². The highest BCUT2D eigenvalue weighted by molar-refractivity contribution is 6.32. The number of carbonyl (C=O) groups is 2. The van der Waals surface area contributed by atoms with E-state index in [1.54, 1.807) is 55.5 Å². The molecule has 0 spiro atoms. The SMILES string of the molecule is Cc1cccc(C)c1OCC(=O)Nc1ccc(NC(=O)C(C)Oc2ccccc2Cl)cc1. The number of benzene rings is 3. The molecule has 0 fully saturated rings. The number of aryl methyl sites for hydroxylation is 2. The van der Waals surface area contributed by atoms with Crippen LogP contribution in [0.3, 0.4) is 0 Å². The summed E-state index contributed by atoms with van der Waals surface area (Å²) < 4.78 is 11.3. The van der Waals surface area contributed by atoms with E-state index in [-0.39, 0.29) is 18.4 Å². The quantitative estimate of drug-likeness (QED) is 0.481. The minimum Gasteiger partial charge on any atom is -0.483 e. The number of ether oxygens (including phenoxy) is 2. The van der Waals surface area contributed by atoms with Crippen molar-refractivity contribution in [3.8, 4) is 11.5 Å². The summed E-state index contributed by atoms with van der Waals surface area (Å²) in [7, 11) is 0. The molecule has 6 nitrogen and oxygen atoms in total. The van der Waals surface area contributed by atoms with Gasteiger partial charge >= 0.3 is 0 Å². The molecule has 3 aromatic rings. The lowest BCUT2D eigenvalue weighted by atomic mass is 10.1. The van der Waals surface area contributed by atoms with Gasteiger partial charge in [0.05, 0.1) is 5.02 Å². The molecule has 0 aliphatic heterocycles. The summed E-state index contributed by atoms with van der Waals surface area (Å²) in [6, 6.07) is 19.6. The highest BCUT2D eigenvalue weighted by Crippen LogP contribution is 2.25. The largest absolute Gasteiger partial charge is 0.483 e. The molecule has 166 valence electrons. The lowest BCUT2D eigenvalue weighted by Gasteiger charge is -2.16. The summed E-state index contributed by atoms with van der Waals surface area (Å²) in [6.07, 6.45) is -0.740. The van der Waals surface area contributed by atoms with Crippen LogP contribution in [0.5, 0.6) is 11.5 Å². The first-order chi connectivity index (χ1) is 15.3. The van der Waals surface area contributed by atoms with Crippen molar-refractivity contribution in [3.05, 3.63) is 82.9 Å². The third-order valence-corrected chi connectivity index (χ3v) is 5.01. The smallest absolute Gasteiger partial charge is 0.265 e. The van der Waals surface area contributed by atoms with Crippen LogP contribution in [-0.2, 0) is 9.59 Å². The fourth-order valence-electron chi connectivity index (χ4n) is 3.03. The maximum atomic E-state index is 12.4. The van der Waals surface area contributed by atoms with E-state index < -0.39 is 6.10 Å². The fourth-order valence-corrected chi connectivity index (χ4v) is 3.21. The molecule has 1 unspecified atom stereocenters. The van der Waals surface area contributed by atoms with Crippen molar-refractivity contribution in [2.75, 3.05) is 17.2 Å². The predicted octanol–water partition coefficient (Wildman–Crippen LogP) is 5.38. The van der Waals surface area contributed by atoms with Crippen LogP contribution in [0.2, 0.25) is 5.02 Å². The average molecular weight is 453 g/mol. The van der Waals surface area contributed by atoms with E-state index in [0.717, 1.165) is 11.1 Å². The van der Waals surface area contributed by atoms with Crippen molar-refractivity contribution < 1.29 is 19.1 Å². The Bertz CT molecular complexity index is 1080. The van der Waals surface area contributed by atoms with Crippen LogP contribution in [0, 0.1) is 13.8 Å². The molecule has 0 bridgehead atoms. The highest BCUT2D eigenvalue weighted by atomic mass is 35.5. The molecule has 3 aromatic carbocycles. The molecule has 2 amide bonds. The molecular formula is C25H25ClN2O4. The highest BCUT2D eigenvalue weighted by Gasteiger charge is 2.16. The first-order valence-electron chi connectivity index (χ1n) is 10.1. The lowest BCUT2D eigenvalue weighted by Crippen LogP contribution is -2.30. The van der Waals surface area contributed by atoms with Crippen molar-refractivity contribution in [3.63, 3.8) is 0 Å². The van der Waals surface area contributed by atoms with E-state index in [9.17, 15) is 9.59 Å². The Labute approximate surface area is 192 Å². The molecule has 32 heavy (non-hydrogen) atoms. The fraction of sp³-hybridized carbons (Fsp3) is 0.200. The zero-order valence-corrected chi connectivity index (χ0v) is 18.9. The molecule has 0 heterocycles. The first-order valence-corrected chi connectivity index (χ1v) is 10.5. The average Bonchev–Trinajstić information content (AvgIpc) is 2.76. The van der Waals surface area contributed by atoms with Gasteiger partial charge in [-0.25, -0.2) is 0 Å². The Balaban J connectivity index is 1.50. The van der Waals surface area contributed by atoms with Gasteiger partial charge < -0.3 is 20.1 Å². The van der Waals surface area contributed by atoms with E-state index in [2.05, 4.69) is 10.6 Å².